The molecule has 192 valence electrons. The first kappa shape index (κ1) is 28.5. The summed E-state index contributed by atoms with van der Waals surface area (Å²) < 4.78 is 31.7. The standard InChI is InChI=1S/C25H34ClN3O5S/c1-7-22(25(31)27-17(2)3)28(15-19-11-13-20(34-5)14-12-19)24(30)16-29(35(6,32)33)23-10-8-9-21(26)18(23)4/h8-14,17,22H,7,15-16H2,1-6H3,(H,27,31)/t22-/m0/s1. The first-order valence-corrected chi connectivity index (χ1v) is 13.6. The molecule has 0 spiro atoms. The summed E-state index contributed by atoms with van der Waals surface area (Å²) in [6, 6.07) is 11.1. The second kappa shape index (κ2) is 12.3. The lowest BCUT2D eigenvalue weighted by atomic mass is 10.1. The maximum Gasteiger partial charge on any atom is 0.244 e. The van der Waals surface area contributed by atoms with Crippen molar-refractivity contribution in [1.29, 1.82) is 0 Å². The van der Waals surface area contributed by atoms with E-state index in [1.165, 1.54) is 4.90 Å². The second-order valence-electron chi connectivity index (χ2n) is 8.61. The number of anilines is 1. The lowest BCUT2D eigenvalue weighted by Crippen LogP contribution is -2.53. The summed E-state index contributed by atoms with van der Waals surface area (Å²) in [5.74, 6) is -0.138. The second-order valence-corrected chi connectivity index (χ2v) is 10.9. The molecule has 1 atom stereocenters. The van der Waals surface area contributed by atoms with Crippen LogP contribution >= 0.6 is 11.6 Å². The molecule has 0 radical (unpaired) electrons. The Kier molecular flexibility index (Phi) is 9.97. The highest BCUT2D eigenvalue weighted by Crippen LogP contribution is 2.28. The van der Waals surface area contributed by atoms with Gasteiger partial charge in [-0.15, -0.1) is 0 Å². The zero-order valence-electron chi connectivity index (χ0n) is 21.0. The Balaban J connectivity index is 2.48. The molecule has 10 heteroatoms. The highest BCUT2D eigenvalue weighted by Gasteiger charge is 2.32. The van der Waals surface area contributed by atoms with Crippen LogP contribution in [0.1, 0.15) is 38.3 Å². The molecule has 2 amide bonds. The minimum Gasteiger partial charge on any atom is -0.497 e. The average Bonchev–Trinajstić information content (AvgIpc) is 2.78. The number of halogens is 1. The van der Waals surface area contributed by atoms with Crippen LogP contribution in [0.4, 0.5) is 5.69 Å². The number of sulfonamides is 1. The first-order chi connectivity index (χ1) is 16.4. The van der Waals surface area contributed by atoms with Crippen molar-refractivity contribution >= 4 is 39.1 Å². The van der Waals surface area contributed by atoms with E-state index < -0.39 is 28.5 Å². The number of ether oxygens (including phenoxy) is 1. The maximum absolute atomic E-state index is 13.7. The molecular weight excluding hydrogens is 490 g/mol. The molecule has 2 rings (SSSR count). The van der Waals surface area contributed by atoms with Crippen molar-refractivity contribution in [2.24, 2.45) is 0 Å². The van der Waals surface area contributed by atoms with Crippen LogP contribution in [0.15, 0.2) is 42.5 Å². The van der Waals surface area contributed by atoms with E-state index in [2.05, 4.69) is 5.32 Å². The van der Waals surface area contributed by atoms with Crippen LogP contribution in [0.2, 0.25) is 5.02 Å². The zero-order chi connectivity index (χ0) is 26.3. The number of hydrogen-bond donors (Lipinski definition) is 1. The van der Waals surface area contributed by atoms with Crippen molar-refractivity contribution in [1.82, 2.24) is 10.2 Å². The molecule has 0 aromatic heterocycles. The number of rotatable bonds is 11. The van der Waals surface area contributed by atoms with Gasteiger partial charge < -0.3 is 15.0 Å². The number of nitrogens with zero attached hydrogens (tertiary/aromatic N) is 2. The molecule has 1 N–H and O–H groups in total. The third-order valence-electron chi connectivity index (χ3n) is 5.52. The predicted molar refractivity (Wildman–Crippen MR) is 139 cm³/mol. The van der Waals surface area contributed by atoms with Gasteiger partial charge in [0.25, 0.3) is 0 Å². The van der Waals surface area contributed by atoms with Crippen LogP contribution < -0.4 is 14.4 Å². The minimum absolute atomic E-state index is 0.115. The van der Waals surface area contributed by atoms with Gasteiger partial charge in [0, 0.05) is 17.6 Å². The normalized spacial score (nSPS) is 12.2. The first-order valence-electron chi connectivity index (χ1n) is 11.3. The maximum atomic E-state index is 13.7. The van der Waals surface area contributed by atoms with E-state index in [4.69, 9.17) is 16.3 Å². The van der Waals surface area contributed by atoms with Gasteiger partial charge in [0.05, 0.1) is 19.1 Å². The van der Waals surface area contributed by atoms with E-state index in [1.807, 2.05) is 32.9 Å². The molecule has 0 saturated carbocycles. The smallest absolute Gasteiger partial charge is 0.244 e. The molecule has 0 aliphatic rings. The number of carbonyl (C=O) groups is 2. The molecule has 0 fully saturated rings. The van der Waals surface area contributed by atoms with E-state index in [0.29, 0.717) is 28.4 Å². The van der Waals surface area contributed by atoms with Gasteiger partial charge in [-0.2, -0.15) is 0 Å². The van der Waals surface area contributed by atoms with Crippen molar-refractivity contribution in [2.75, 3.05) is 24.2 Å². The fraction of sp³-hybridized carbons (Fsp3) is 0.440. The fourth-order valence-corrected chi connectivity index (χ4v) is 4.76. The van der Waals surface area contributed by atoms with Gasteiger partial charge in [-0.3, -0.25) is 13.9 Å². The van der Waals surface area contributed by atoms with Gasteiger partial charge in [-0.1, -0.05) is 36.7 Å². The van der Waals surface area contributed by atoms with Gasteiger partial charge in [-0.05, 0) is 62.6 Å². The Morgan fingerprint density at radius 2 is 1.74 bits per heavy atom. The molecule has 0 aliphatic carbocycles. The van der Waals surface area contributed by atoms with Crippen LogP contribution in [-0.2, 0) is 26.2 Å². The quantitative estimate of drug-likeness (QED) is 0.484. The molecular formula is C25H34ClN3O5S. The molecule has 0 unspecified atom stereocenters. The largest absolute Gasteiger partial charge is 0.497 e. The lowest BCUT2D eigenvalue weighted by Gasteiger charge is -2.33. The van der Waals surface area contributed by atoms with E-state index in [-0.39, 0.29) is 18.5 Å². The van der Waals surface area contributed by atoms with Crippen molar-refractivity contribution in [2.45, 2.75) is 52.7 Å². The number of amides is 2. The van der Waals surface area contributed by atoms with E-state index >= 15 is 0 Å². The van der Waals surface area contributed by atoms with Gasteiger partial charge in [0.1, 0.15) is 18.3 Å². The number of hydrogen-bond acceptors (Lipinski definition) is 5. The third-order valence-corrected chi connectivity index (χ3v) is 7.05. The monoisotopic (exact) mass is 523 g/mol. The molecule has 0 heterocycles. The average molecular weight is 524 g/mol. The highest BCUT2D eigenvalue weighted by molar-refractivity contribution is 7.92. The van der Waals surface area contributed by atoms with Gasteiger partial charge in [0.15, 0.2) is 0 Å². The molecule has 0 saturated heterocycles. The van der Waals surface area contributed by atoms with Crippen LogP contribution in [0.3, 0.4) is 0 Å². The topological polar surface area (TPSA) is 96.0 Å². The van der Waals surface area contributed by atoms with E-state index in [1.54, 1.807) is 44.4 Å². The van der Waals surface area contributed by atoms with Crippen LogP contribution in [0, 0.1) is 6.92 Å². The molecule has 35 heavy (non-hydrogen) atoms. The Morgan fingerprint density at radius 3 is 2.26 bits per heavy atom. The number of benzene rings is 2. The summed E-state index contributed by atoms with van der Waals surface area (Å²) in [7, 11) is -2.27. The van der Waals surface area contributed by atoms with Crippen molar-refractivity contribution in [3.8, 4) is 5.75 Å². The number of methoxy groups -OCH3 is 1. The summed E-state index contributed by atoms with van der Waals surface area (Å²) in [6.45, 7) is 6.84. The minimum atomic E-state index is -3.83. The van der Waals surface area contributed by atoms with Gasteiger partial charge >= 0.3 is 0 Å². The summed E-state index contributed by atoms with van der Waals surface area (Å²) >= 11 is 6.22. The van der Waals surface area contributed by atoms with Crippen molar-refractivity contribution < 1.29 is 22.7 Å². The Hall–Kier alpha value is -2.78. The van der Waals surface area contributed by atoms with Crippen molar-refractivity contribution in [3.63, 3.8) is 0 Å². The molecule has 8 nitrogen and oxygen atoms in total. The highest BCUT2D eigenvalue weighted by atomic mass is 35.5. The van der Waals surface area contributed by atoms with Gasteiger partial charge in [0.2, 0.25) is 21.8 Å². The Labute approximate surface area is 213 Å². The number of nitrogens with one attached hydrogen (secondary N) is 1. The Bertz CT molecular complexity index is 1140. The Morgan fingerprint density at radius 1 is 1.11 bits per heavy atom. The SMILES string of the molecule is CC[C@@H](C(=O)NC(C)C)N(Cc1ccc(OC)cc1)C(=O)CN(c1cccc(Cl)c1C)S(C)(=O)=O. The van der Waals surface area contributed by atoms with E-state index in [9.17, 15) is 18.0 Å². The molecule has 2 aromatic rings. The summed E-state index contributed by atoms with van der Waals surface area (Å²) in [6.07, 6.45) is 1.40. The fourth-order valence-electron chi connectivity index (χ4n) is 3.69. The third kappa shape index (κ3) is 7.60. The van der Waals surface area contributed by atoms with Gasteiger partial charge in [-0.25, -0.2) is 8.42 Å². The molecule has 0 bridgehead atoms. The van der Waals surface area contributed by atoms with Crippen molar-refractivity contribution in [3.05, 3.63) is 58.6 Å². The summed E-state index contributed by atoms with van der Waals surface area (Å²) in [5.41, 5.74) is 1.64. The zero-order valence-corrected chi connectivity index (χ0v) is 22.6. The summed E-state index contributed by atoms with van der Waals surface area (Å²) in [5, 5.41) is 3.25. The van der Waals surface area contributed by atoms with Crippen LogP contribution in [-0.4, -0.2) is 57.1 Å². The van der Waals surface area contributed by atoms with E-state index in [0.717, 1.165) is 16.1 Å². The van der Waals surface area contributed by atoms with Crippen LogP contribution in [0.5, 0.6) is 5.75 Å². The molecule has 0 aliphatic heterocycles. The van der Waals surface area contributed by atoms with Crippen LogP contribution in [0.25, 0.3) is 0 Å². The predicted octanol–water partition coefficient (Wildman–Crippen LogP) is 3.76. The summed E-state index contributed by atoms with van der Waals surface area (Å²) in [4.78, 5) is 28.1. The number of carbonyl (C=O) groups excluding carboxylic acids is 2. The molecule has 2 aromatic carbocycles. The lowest BCUT2D eigenvalue weighted by molar-refractivity contribution is -0.140.